The van der Waals surface area contributed by atoms with Gasteiger partial charge in [-0.3, -0.25) is 4.79 Å². The molecule has 118 valence electrons. The Labute approximate surface area is 135 Å². The van der Waals surface area contributed by atoms with Gasteiger partial charge >= 0.3 is 5.97 Å². The minimum Gasteiger partial charge on any atom is -0.478 e. The molecule has 2 aromatic carbocycles. The van der Waals surface area contributed by atoms with Crippen molar-refractivity contribution in [1.82, 2.24) is 4.90 Å². The van der Waals surface area contributed by atoms with Crippen molar-refractivity contribution >= 4 is 11.9 Å². The molecule has 1 fully saturated rings. The summed E-state index contributed by atoms with van der Waals surface area (Å²) >= 11 is 0. The Morgan fingerprint density at radius 2 is 1.74 bits per heavy atom. The molecular weight excluding hydrogens is 290 g/mol. The zero-order valence-corrected chi connectivity index (χ0v) is 13.1. The molecule has 4 heteroatoms. The summed E-state index contributed by atoms with van der Waals surface area (Å²) in [4.78, 5) is 25.7. The van der Waals surface area contributed by atoms with Crippen LogP contribution in [0.2, 0.25) is 0 Å². The van der Waals surface area contributed by atoms with E-state index >= 15 is 0 Å². The van der Waals surface area contributed by atoms with Gasteiger partial charge in [-0.05, 0) is 54.7 Å². The van der Waals surface area contributed by atoms with E-state index in [4.69, 9.17) is 0 Å². The number of rotatable bonds is 3. The molecule has 1 aliphatic heterocycles. The second-order valence-corrected chi connectivity index (χ2v) is 5.86. The maximum absolute atomic E-state index is 12.5. The fourth-order valence-corrected chi connectivity index (χ4v) is 3.10. The smallest absolute Gasteiger partial charge is 0.335 e. The van der Waals surface area contributed by atoms with Gasteiger partial charge in [0.25, 0.3) is 5.91 Å². The summed E-state index contributed by atoms with van der Waals surface area (Å²) in [5.74, 6) is -0.884. The first-order chi connectivity index (χ1) is 11.1. The summed E-state index contributed by atoms with van der Waals surface area (Å²) in [6.07, 6.45) is 2.12. The lowest BCUT2D eigenvalue weighted by Crippen LogP contribution is -2.27. The third kappa shape index (κ3) is 2.97. The van der Waals surface area contributed by atoms with Crippen molar-refractivity contribution in [3.05, 3.63) is 59.2 Å². The number of aromatic carboxylic acids is 1. The zero-order valence-electron chi connectivity index (χ0n) is 13.1. The second kappa shape index (κ2) is 6.24. The number of hydrogen-bond acceptors (Lipinski definition) is 2. The second-order valence-electron chi connectivity index (χ2n) is 5.86. The molecule has 1 saturated heterocycles. The van der Waals surface area contributed by atoms with Crippen LogP contribution >= 0.6 is 0 Å². The quantitative estimate of drug-likeness (QED) is 0.942. The average Bonchev–Trinajstić information content (AvgIpc) is 3.08. The number of likely N-dealkylation sites (tertiary alicyclic amines) is 1. The first-order valence-electron chi connectivity index (χ1n) is 7.80. The maximum atomic E-state index is 12.5. The molecule has 3 rings (SSSR count). The number of carbonyl (C=O) groups is 2. The number of carboxylic acids is 1. The highest BCUT2D eigenvalue weighted by Gasteiger charge is 2.20. The van der Waals surface area contributed by atoms with E-state index in [-0.39, 0.29) is 5.91 Å². The lowest BCUT2D eigenvalue weighted by Gasteiger charge is -2.16. The monoisotopic (exact) mass is 309 g/mol. The van der Waals surface area contributed by atoms with E-state index in [0.29, 0.717) is 16.7 Å². The molecule has 1 heterocycles. The average molecular weight is 309 g/mol. The van der Waals surface area contributed by atoms with Gasteiger partial charge in [0, 0.05) is 18.7 Å². The van der Waals surface area contributed by atoms with E-state index in [9.17, 15) is 14.7 Å². The Hall–Kier alpha value is -2.62. The molecule has 1 amide bonds. The standard InChI is InChI=1S/C19H19NO3/c1-13-16(8-5-9-17(13)19(22)23)14-6-4-7-15(12-14)18(21)20-10-2-3-11-20/h4-9,12H,2-3,10-11H2,1H3,(H,22,23). The number of carboxylic acid groups (broad SMARTS) is 1. The van der Waals surface area contributed by atoms with Gasteiger partial charge in [0.05, 0.1) is 5.56 Å². The van der Waals surface area contributed by atoms with E-state index in [1.807, 2.05) is 35.2 Å². The van der Waals surface area contributed by atoms with Crippen LogP contribution in [0.4, 0.5) is 0 Å². The Morgan fingerprint density at radius 1 is 1.04 bits per heavy atom. The largest absolute Gasteiger partial charge is 0.478 e. The fraction of sp³-hybridized carbons (Fsp3) is 0.263. The molecule has 4 nitrogen and oxygen atoms in total. The number of hydrogen-bond donors (Lipinski definition) is 1. The van der Waals surface area contributed by atoms with Gasteiger partial charge in [-0.15, -0.1) is 0 Å². The van der Waals surface area contributed by atoms with Crippen molar-refractivity contribution < 1.29 is 14.7 Å². The first-order valence-corrected chi connectivity index (χ1v) is 7.80. The molecular formula is C19H19NO3. The van der Waals surface area contributed by atoms with Gasteiger partial charge < -0.3 is 10.0 Å². The Bertz CT molecular complexity index is 761. The number of amides is 1. The fourth-order valence-electron chi connectivity index (χ4n) is 3.10. The van der Waals surface area contributed by atoms with Crippen LogP contribution in [0.15, 0.2) is 42.5 Å². The maximum Gasteiger partial charge on any atom is 0.335 e. The molecule has 1 N–H and O–H groups in total. The molecule has 0 atom stereocenters. The Balaban J connectivity index is 1.98. The summed E-state index contributed by atoms with van der Waals surface area (Å²) in [5, 5.41) is 9.26. The van der Waals surface area contributed by atoms with Gasteiger partial charge in [-0.25, -0.2) is 4.79 Å². The molecule has 0 bridgehead atoms. The van der Waals surface area contributed by atoms with Crippen molar-refractivity contribution in [2.75, 3.05) is 13.1 Å². The van der Waals surface area contributed by atoms with Crippen LogP contribution in [0.3, 0.4) is 0 Å². The highest BCUT2D eigenvalue weighted by Crippen LogP contribution is 2.27. The van der Waals surface area contributed by atoms with Crippen molar-refractivity contribution in [3.63, 3.8) is 0 Å². The molecule has 0 saturated carbocycles. The van der Waals surface area contributed by atoms with Crippen LogP contribution in [-0.4, -0.2) is 35.0 Å². The summed E-state index contributed by atoms with van der Waals surface area (Å²) in [6, 6.07) is 12.7. The molecule has 0 aromatic heterocycles. The van der Waals surface area contributed by atoms with Crippen LogP contribution in [0.25, 0.3) is 11.1 Å². The predicted octanol–water partition coefficient (Wildman–Crippen LogP) is 3.60. The van der Waals surface area contributed by atoms with Gasteiger partial charge in [-0.2, -0.15) is 0 Å². The molecule has 0 unspecified atom stereocenters. The number of benzene rings is 2. The van der Waals surface area contributed by atoms with Gasteiger partial charge in [-0.1, -0.05) is 24.3 Å². The SMILES string of the molecule is Cc1c(C(=O)O)cccc1-c1cccc(C(=O)N2CCCC2)c1. The van der Waals surface area contributed by atoms with E-state index in [1.54, 1.807) is 19.1 Å². The number of nitrogens with zero attached hydrogens (tertiary/aromatic N) is 1. The van der Waals surface area contributed by atoms with Crippen LogP contribution < -0.4 is 0 Å². The van der Waals surface area contributed by atoms with Crippen molar-refractivity contribution in [2.45, 2.75) is 19.8 Å². The first kappa shape index (κ1) is 15.3. The minimum atomic E-state index is -0.936. The lowest BCUT2D eigenvalue weighted by atomic mass is 9.95. The highest BCUT2D eigenvalue weighted by molar-refractivity contribution is 5.96. The summed E-state index contributed by atoms with van der Waals surface area (Å²) in [6.45, 7) is 3.43. The van der Waals surface area contributed by atoms with Crippen molar-refractivity contribution in [2.24, 2.45) is 0 Å². The van der Waals surface area contributed by atoms with Crippen LogP contribution in [-0.2, 0) is 0 Å². The third-order valence-corrected chi connectivity index (χ3v) is 4.38. The minimum absolute atomic E-state index is 0.0522. The van der Waals surface area contributed by atoms with Crippen LogP contribution in [0.1, 0.15) is 39.1 Å². The highest BCUT2D eigenvalue weighted by atomic mass is 16.4. The summed E-state index contributed by atoms with van der Waals surface area (Å²) in [5.41, 5.74) is 3.38. The van der Waals surface area contributed by atoms with Crippen molar-refractivity contribution in [3.8, 4) is 11.1 Å². The molecule has 0 radical (unpaired) electrons. The molecule has 2 aromatic rings. The molecule has 0 spiro atoms. The van der Waals surface area contributed by atoms with Crippen LogP contribution in [0, 0.1) is 6.92 Å². The zero-order chi connectivity index (χ0) is 16.4. The van der Waals surface area contributed by atoms with E-state index in [1.165, 1.54) is 0 Å². The van der Waals surface area contributed by atoms with Gasteiger partial charge in [0.1, 0.15) is 0 Å². The third-order valence-electron chi connectivity index (χ3n) is 4.38. The van der Waals surface area contributed by atoms with Gasteiger partial charge in [0.15, 0.2) is 0 Å². The summed E-state index contributed by atoms with van der Waals surface area (Å²) in [7, 11) is 0. The van der Waals surface area contributed by atoms with E-state index in [0.717, 1.165) is 37.1 Å². The van der Waals surface area contributed by atoms with E-state index < -0.39 is 5.97 Å². The van der Waals surface area contributed by atoms with Crippen molar-refractivity contribution in [1.29, 1.82) is 0 Å². The molecule has 23 heavy (non-hydrogen) atoms. The van der Waals surface area contributed by atoms with E-state index in [2.05, 4.69) is 0 Å². The van der Waals surface area contributed by atoms with Crippen LogP contribution in [0.5, 0.6) is 0 Å². The molecule has 1 aliphatic rings. The lowest BCUT2D eigenvalue weighted by molar-refractivity contribution is 0.0695. The van der Waals surface area contributed by atoms with Gasteiger partial charge in [0.2, 0.25) is 0 Å². The summed E-state index contributed by atoms with van der Waals surface area (Å²) < 4.78 is 0. The number of carbonyl (C=O) groups excluding carboxylic acids is 1. The predicted molar refractivity (Wildman–Crippen MR) is 88.7 cm³/mol. The topological polar surface area (TPSA) is 57.6 Å². The Kier molecular flexibility index (Phi) is 4.15. The Morgan fingerprint density at radius 3 is 2.43 bits per heavy atom. The molecule has 0 aliphatic carbocycles. The normalized spacial score (nSPS) is 14.0.